The Hall–Kier alpha value is -2.63. The Balaban J connectivity index is 1.71. The summed E-state index contributed by atoms with van der Waals surface area (Å²) in [6.45, 7) is 10.2. The highest BCUT2D eigenvalue weighted by molar-refractivity contribution is 5.72. The summed E-state index contributed by atoms with van der Waals surface area (Å²) in [7, 11) is 0. The SMILES string of the molecule is CCCCCCCC(=O)OCCOCCOCCOCCOCCOCCOCCOCCOCCOCCOCCOCCC(=O)Oc1c(F)c(F)c(F)c(F)c1F. The van der Waals surface area contributed by atoms with Gasteiger partial charge in [-0.1, -0.05) is 32.6 Å². The fourth-order valence-corrected chi connectivity index (χ4v) is 4.46. The van der Waals surface area contributed by atoms with E-state index in [1.165, 1.54) is 12.8 Å². The number of benzene rings is 1. The van der Waals surface area contributed by atoms with Crippen molar-refractivity contribution in [1.29, 1.82) is 0 Å². The fraction of sp³-hybridized carbons (Fsp3) is 0.795. The summed E-state index contributed by atoms with van der Waals surface area (Å²) in [4.78, 5) is 23.3. The van der Waals surface area contributed by atoms with Gasteiger partial charge in [-0.25, -0.2) is 13.2 Å². The molecule has 0 spiro atoms. The van der Waals surface area contributed by atoms with Crippen molar-refractivity contribution in [2.45, 2.75) is 51.9 Å². The van der Waals surface area contributed by atoms with Crippen molar-refractivity contribution < 1.29 is 93.1 Å². The maximum atomic E-state index is 13.6. The van der Waals surface area contributed by atoms with Crippen LogP contribution in [-0.2, 0) is 66.4 Å². The Labute approximate surface area is 343 Å². The van der Waals surface area contributed by atoms with Crippen LogP contribution in [0.15, 0.2) is 0 Å². The molecule has 0 unspecified atom stereocenters. The summed E-state index contributed by atoms with van der Waals surface area (Å²) in [5.74, 6) is -14.3. The largest absolute Gasteiger partial charge is 0.463 e. The van der Waals surface area contributed by atoms with E-state index in [2.05, 4.69) is 11.7 Å². The molecule has 0 bridgehead atoms. The molecule has 0 radical (unpaired) electrons. The van der Waals surface area contributed by atoms with Crippen LogP contribution in [0, 0.1) is 29.1 Å². The van der Waals surface area contributed by atoms with Gasteiger partial charge in [-0.2, -0.15) is 8.78 Å². The van der Waals surface area contributed by atoms with Gasteiger partial charge in [-0.15, -0.1) is 0 Å². The van der Waals surface area contributed by atoms with Gasteiger partial charge in [0.1, 0.15) is 6.61 Å². The predicted octanol–water partition coefficient (Wildman–Crippen LogP) is 4.76. The van der Waals surface area contributed by atoms with Crippen molar-refractivity contribution in [3.8, 4) is 5.75 Å². The zero-order valence-electron chi connectivity index (χ0n) is 34.2. The molecule has 0 fully saturated rings. The Kier molecular flexibility index (Phi) is 36.4. The number of halogens is 5. The lowest BCUT2D eigenvalue weighted by molar-refractivity contribution is -0.145. The summed E-state index contributed by atoms with van der Waals surface area (Å²) < 4.78 is 135. The quantitative estimate of drug-likeness (QED) is 0.0221. The highest BCUT2D eigenvalue weighted by Crippen LogP contribution is 2.29. The molecule has 0 saturated carbocycles. The van der Waals surface area contributed by atoms with E-state index in [0.717, 1.165) is 19.3 Å². The average Bonchev–Trinajstić information content (AvgIpc) is 3.23. The molecule has 0 aliphatic carbocycles. The van der Waals surface area contributed by atoms with Crippen molar-refractivity contribution in [2.75, 3.05) is 152 Å². The van der Waals surface area contributed by atoms with Crippen LogP contribution < -0.4 is 4.74 Å². The Morgan fingerprint density at radius 1 is 0.339 bits per heavy atom. The first-order chi connectivity index (χ1) is 28.8. The van der Waals surface area contributed by atoms with Gasteiger partial charge in [-0.3, -0.25) is 9.59 Å². The lowest BCUT2D eigenvalue weighted by Crippen LogP contribution is -2.16. The summed E-state index contributed by atoms with van der Waals surface area (Å²) in [6.07, 6.45) is 5.47. The number of unbranched alkanes of at least 4 members (excludes halogenated alkanes) is 4. The smallest absolute Gasteiger partial charge is 0.313 e. The molecule has 0 heterocycles. The van der Waals surface area contributed by atoms with Gasteiger partial charge < -0.3 is 61.6 Å². The van der Waals surface area contributed by atoms with Crippen molar-refractivity contribution in [3.63, 3.8) is 0 Å². The third-order valence-electron chi connectivity index (χ3n) is 7.53. The first-order valence-corrected chi connectivity index (χ1v) is 20.0. The van der Waals surface area contributed by atoms with Crippen molar-refractivity contribution in [2.24, 2.45) is 0 Å². The number of carbonyl (C=O) groups excluding carboxylic acids is 2. The topological polar surface area (TPSA) is 154 Å². The molecule has 0 aliphatic heterocycles. The maximum absolute atomic E-state index is 13.6. The van der Waals surface area contributed by atoms with E-state index in [0.29, 0.717) is 125 Å². The average molecular weight is 867 g/mol. The van der Waals surface area contributed by atoms with E-state index in [1.54, 1.807) is 0 Å². The van der Waals surface area contributed by atoms with Crippen LogP contribution in [0.25, 0.3) is 0 Å². The number of carbonyl (C=O) groups is 2. The van der Waals surface area contributed by atoms with Gasteiger partial charge in [0.15, 0.2) is 0 Å². The molecule has 20 heteroatoms. The van der Waals surface area contributed by atoms with Crippen molar-refractivity contribution in [1.82, 2.24) is 0 Å². The van der Waals surface area contributed by atoms with Gasteiger partial charge in [0.05, 0.1) is 152 Å². The number of hydrogen-bond donors (Lipinski definition) is 0. The summed E-state index contributed by atoms with van der Waals surface area (Å²) in [5.41, 5.74) is 0. The lowest BCUT2D eigenvalue weighted by Gasteiger charge is -2.09. The van der Waals surface area contributed by atoms with Gasteiger partial charge in [0.2, 0.25) is 34.8 Å². The number of rotatable bonds is 43. The van der Waals surface area contributed by atoms with Crippen LogP contribution in [-0.4, -0.2) is 164 Å². The minimum absolute atomic E-state index is 0.0752. The Morgan fingerprint density at radius 2 is 0.627 bits per heavy atom. The van der Waals surface area contributed by atoms with Crippen LogP contribution in [0.1, 0.15) is 51.9 Å². The molecule has 1 aromatic carbocycles. The second-order valence-corrected chi connectivity index (χ2v) is 12.2. The van der Waals surface area contributed by atoms with Gasteiger partial charge >= 0.3 is 11.9 Å². The van der Waals surface area contributed by atoms with E-state index in [4.69, 9.17) is 56.8 Å². The summed E-state index contributed by atoms with van der Waals surface area (Å²) >= 11 is 0. The minimum atomic E-state index is -2.35. The number of hydrogen-bond acceptors (Lipinski definition) is 15. The highest BCUT2D eigenvalue weighted by atomic mass is 19.2. The maximum Gasteiger partial charge on any atom is 0.313 e. The lowest BCUT2D eigenvalue weighted by atomic mass is 10.1. The molecule has 0 aromatic heterocycles. The molecule has 1 aromatic rings. The highest BCUT2D eigenvalue weighted by Gasteiger charge is 2.28. The normalized spacial score (nSPS) is 11.4. The van der Waals surface area contributed by atoms with E-state index < -0.39 is 47.2 Å². The van der Waals surface area contributed by atoms with Crippen LogP contribution in [0.5, 0.6) is 5.75 Å². The molecule has 0 amide bonds. The second-order valence-electron chi connectivity index (χ2n) is 12.2. The molecule has 1 rings (SSSR count). The van der Waals surface area contributed by atoms with E-state index in [-0.39, 0.29) is 39.0 Å². The third kappa shape index (κ3) is 31.0. The predicted molar refractivity (Wildman–Crippen MR) is 200 cm³/mol. The minimum Gasteiger partial charge on any atom is -0.463 e. The van der Waals surface area contributed by atoms with Gasteiger partial charge in [0.25, 0.3) is 0 Å². The van der Waals surface area contributed by atoms with Crippen LogP contribution in [0.4, 0.5) is 22.0 Å². The second kappa shape index (κ2) is 39.5. The van der Waals surface area contributed by atoms with Crippen LogP contribution >= 0.6 is 0 Å². The Morgan fingerprint density at radius 3 is 0.966 bits per heavy atom. The van der Waals surface area contributed by atoms with Gasteiger partial charge in [-0.05, 0) is 6.42 Å². The molecule has 0 saturated heterocycles. The van der Waals surface area contributed by atoms with E-state index in [9.17, 15) is 31.5 Å². The van der Waals surface area contributed by atoms with Gasteiger partial charge in [0, 0.05) is 6.42 Å². The standard InChI is InChI=1S/C39H63F5O15/c1-2-3-4-5-6-7-32(45)58-31-30-57-29-28-56-27-26-55-25-24-54-23-22-53-21-20-52-19-18-51-17-16-50-15-14-49-13-12-48-11-10-47-9-8-33(46)59-39-37(43)35(41)34(40)36(42)38(39)44/h2-31H2,1H3. The zero-order chi connectivity index (χ0) is 43.0. The fourth-order valence-electron chi connectivity index (χ4n) is 4.46. The van der Waals surface area contributed by atoms with Crippen LogP contribution in [0.3, 0.4) is 0 Å². The monoisotopic (exact) mass is 866 g/mol. The first-order valence-electron chi connectivity index (χ1n) is 20.0. The molecule has 0 N–H and O–H groups in total. The molecule has 0 aliphatic rings. The molecular weight excluding hydrogens is 803 g/mol. The summed E-state index contributed by atoms with van der Waals surface area (Å²) in [6, 6.07) is 0. The van der Waals surface area contributed by atoms with Crippen molar-refractivity contribution >= 4 is 11.9 Å². The van der Waals surface area contributed by atoms with Crippen molar-refractivity contribution in [3.05, 3.63) is 29.1 Å². The molecule has 59 heavy (non-hydrogen) atoms. The molecule has 344 valence electrons. The van der Waals surface area contributed by atoms with E-state index >= 15 is 0 Å². The zero-order valence-corrected chi connectivity index (χ0v) is 34.2. The third-order valence-corrected chi connectivity index (χ3v) is 7.53. The van der Waals surface area contributed by atoms with Crippen LogP contribution in [0.2, 0.25) is 0 Å². The molecule has 15 nitrogen and oxygen atoms in total. The number of ether oxygens (including phenoxy) is 13. The summed E-state index contributed by atoms with van der Waals surface area (Å²) in [5, 5.41) is 0. The first kappa shape index (κ1) is 54.4. The molecular formula is C39H63F5O15. The Bertz CT molecular complexity index is 1160. The molecule has 0 atom stereocenters. The van der Waals surface area contributed by atoms with E-state index in [1.807, 2.05) is 0 Å². The number of esters is 2.